The number of fused-ring (bicyclic) bond motifs is 1. The molecular formula is C22H22N2O5S. The van der Waals surface area contributed by atoms with Gasteiger partial charge >= 0.3 is 0 Å². The smallest absolute Gasteiger partial charge is 0.293 e. The van der Waals surface area contributed by atoms with E-state index in [2.05, 4.69) is 16.3 Å². The zero-order chi connectivity index (χ0) is 21.1. The highest BCUT2D eigenvalue weighted by atomic mass is 32.1. The lowest BCUT2D eigenvalue weighted by Gasteiger charge is -2.36. The number of carbonyl (C=O) groups excluding carboxylic acids is 2. The number of nitrogens with zero attached hydrogens (tertiary/aromatic N) is 1. The van der Waals surface area contributed by atoms with E-state index < -0.39 is 5.91 Å². The maximum absolute atomic E-state index is 12.6. The van der Waals surface area contributed by atoms with Gasteiger partial charge in [0.1, 0.15) is 0 Å². The van der Waals surface area contributed by atoms with Gasteiger partial charge in [-0.25, -0.2) is 0 Å². The maximum Gasteiger partial charge on any atom is 0.293 e. The van der Waals surface area contributed by atoms with E-state index in [1.54, 1.807) is 31.6 Å². The second kappa shape index (κ2) is 8.73. The SMILES string of the molecule is COc1cc2c(cc1OC)[C@@H](c1cccs1)N(CC(=O)NC(=O)c1ccco1)CC2. The molecule has 0 saturated carbocycles. The molecule has 0 spiro atoms. The van der Waals surface area contributed by atoms with Crippen molar-refractivity contribution < 1.29 is 23.5 Å². The molecule has 0 unspecified atom stereocenters. The van der Waals surface area contributed by atoms with Crippen LogP contribution in [0.2, 0.25) is 0 Å². The first kappa shape index (κ1) is 20.2. The van der Waals surface area contributed by atoms with E-state index >= 15 is 0 Å². The third-order valence-corrected chi connectivity index (χ3v) is 6.06. The normalized spacial score (nSPS) is 16.0. The van der Waals surface area contributed by atoms with E-state index in [0.717, 1.165) is 22.4 Å². The van der Waals surface area contributed by atoms with Gasteiger partial charge in [0.05, 0.1) is 33.1 Å². The molecule has 1 atom stereocenters. The van der Waals surface area contributed by atoms with Crippen LogP contribution < -0.4 is 14.8 Å². The predicted octanol–water partition coefficient (Wildman–Crippen LogP) is 3.26. The summed E-state index contributed by atoms with van der Waals surface area (Å²) in [5, 5.41) is 4.42. The Morgan fingerprint density at radius 1 is 1.20 bits per heavy atom. The number of hydrogen-bond donors (Lipinski definition) is 1. The van der Waals surface area contributed by atoms with Gasteiger partial charge in [0, 0.05) is 11.4 Å². The molecule has 1 aliphatic heterocycles. The minimum atomic E-state index is -0.540. The minimum Gasteiger partial charge on any atom is -0.493 e. The molecule has 0 aliphatic carbocycles. The molecule has 4 rings (SSSR count). The van der Waals surface area contributed by atoms with Gasteiger partial charge in [-0.3, -0.25) is 19.8 Å². The summed E-state index contributed by atoms with van der Waals surface area (Å²) in [7, 11) is 3.23. The second-order valence-corrected chi connectivity index (χ2v) is 7.88. The van der Waals surface area contributed by atoms with Crippen molar-refractivity contribution in [2.24, 2.45) is 0 Å². The van der Waals surface area contributed by atoms with Crippen LogP contribution in [-0.2, 0) is 11.2 Å². The van der Waals surface area contributed by atoms with E-state index in [-0.39, 0.29) is 24.3 Å². The van der Waals surface area contributed by atoms with Gasteiger partial charge in [0.2, 0.25) is 5.91 Å². The molecule has 3 aromatic rings. The Kier molecular flexibility index (Phi) is 5.87. The van der Waals surface area contributed by atoms with Crippen molar-refractivity contribution in [3.05, 3.63) is 69.8 Å². The van der Waals surface area contributed by atoms with Gasteiger partial charge in [-0.2, -0.15) is 0 Å². The predicted molar refractivity (Wildman–Crippen MR) is 112 cm³/mol. The average molecular weight is 426 g/mol. The van der Waals surface area contributed by atoms with Gasteiger partial charge < -0.3 is 13.9 Å². The van der Waals surface area contributed by atoms with Crippen LogP contribution in [0.1, 0.15) is 32.6 Å². The van der Waals surface area contributed by atoms with Gasteiger partial charge in [0.25, 0.3) is 5.91 Å². The van der Waals surface area contributed by atoms with Crippen LogP contribution in [0.15, 0.2) is 52.5 Å². The first-order valence-electron chi connectivity index (χ1n) is 9.50. The topological polar surface area (TPSA) is 81.0 Å². The summed E-state index contributed by atoms with van der Waals surface area (Å²) in [6.07, 6.45) is 2.16. The summed E-state index contributed by atoms with van der Waals surface area (Å²) in [6.45, 7) is 0.760. The number of benzene rings is 1. The third-order valence-electron chi connectivity index (χ3n) is 5.13. The molecule has 1 aliphatic rings. The van der Waals surface area contributed by atoms with Crippen LogP contribution in [0, 0.1) is 0 Å². The molecular weight excluding hydrogens is 404 g/mol. The lowest BCUT2D eigenvalue weighted by molar-refractivity contribution is -0.121. The van der Waals surface area contributed by atoms with E-state index in [0.29, 0.717) is 18.0 Å². The van der Waals surface area contributed by atoms with Gasteiger partial charge in [-0.1, -0.05) is 6.07 Å². The average Bonchev–Trinajstić information content (AvgIpc) is 3.46. The highest BCUT2D eigenvalue weighted by Crippen LogP contribution is 2.42. The van der Waals surface area contributed by atoms with Crippen molar-refractivity contribution in [2.75, 3.05) is 27.3 Å². The number of nitrogens with one attached hydrogen (secondary N) is 1. The molecule has 8 heteroatoms. The first-order chi connectivity index (χ1) is 14.6. The number of methoxy groups -OCH3 is 2. The van der Waals surface area contributed by atoms with Gasteiger partial charge in [-0.15, -0.1) is 11.3 Å². The fourth-order valence-electron chi connectivity index (χ4n) is 3.77. The molecule has 1 aromatic carbocycles. The summed E-state index contributed by atoms with van der Waals surface area (Å²) >= 11 is 1.63. The Bertz CT molecular complexity index is 1030. The Morgan fingerprint density at radius 2 is 2.00 bits per heavy atom. The zero-order valence-electron chi connectivity index (χ0n) is 16.7. The second-order valence-electron chi connectivity index (χ2n) is 6.90. The summed E-state index contributed by atoms with van der Waals surface area (Å²) in [6, 6.07) is 11.1. The summed E-state index contributed by atoms with van der Waals surface area (Å²) in [5.41, 5.74) is 2.24. The monoisotopic (exact) mass is 426 g/mol. The molecule has 2 aromatic heterocycles. The van der Waals surface area contributed by atoms with Crippen LogP contribution in [0.4, 0.5) is 0 Å². The number of amides is 2. The molecule has 1 N–H and O–H groups in total. The molecule has 7 nitrogen and oxygen atoms in total. The van der Waals surface area contributed by atoms with Crippen LogP contribution in [0.25, 0.3) is 0 Å². The largest absolute Gasteiger partial charge is 0.493 e. The molecule has 0 radical (unpaired) electrons. The Morgan fingerprint density at radius 3 is 2.67 bits per heavy atom. The molecule has 3 heterocycles. The van der Waals surface area contributed by atoms with Crippen molar-refractivity contribution in [1.29, 1.82) is 0 Å². The van der Waals surface area contributed by atoms with E-state index in [9.17, 15) is 9.59 Å². The Labute approximate surface area is 178 Å². The number of hydrogen-bond acceptors (Lipinski definition) is 7. The van der Waals surface area contributed by atoms with Crippen LogP contribution in [0.3, 0.4) is 0 Å². The molecule has 0 saturated heterocycles. The zero-order valence-corrected chi connectivity index (χ0v) is 17.5. The first-order valence-corrected chi connectivity index (χ1v) is 10.4. The molecule has 30 heavy (non-hydrogen) atoms. The van der Waals surface area contributed by atoms with E-state index in [4.69, 9.17) is 13.9 Å². The lowest BCUT2D eigenvalue weighted by atomic mass is 9.91. The van der Waals surface area contributed by atoms with Gasteiger partial charge in [-0.05, 0) is 53.3 Å². The van der Waals surface area contributed by atoms with Crippen molar-refractivity contribution in [3.8, 4) is 11.5 Å². The van der Waals surface area contributed by atoms with E-state index in [1.807, 2.05) is 23.6 Å². The molecule has 0 fully saturated rings. The number of imide groups is 1. The number of carbonyl (C=O) groups is 2. The minimum absolute atomic E-state index is 0.0861. The number of furan rings is 1. The molecule has 156 valence electrons. The van der Waals surface area contributed by atoms with E-state index in [1.165, 1.54) is 12.3 Å². The Hall–Kier alpha value is -3.10. The number of rotatable bonds is 6. The summed E-state index contributed by atoms with van der Waals surface area (Å²) < 4.78 is 16.0. The van der Waals surface area contributed by atoms with Crippen molar-refractivity contribution in [2.45, 2.75) is 12.5 Å². The highest BCUT2D eigenvalue weighted by molar-refractivity contribution is 7.10. The van der Waals surface area contributed by atoms with Crippen LogP contribution >= 0.6 is 11.3 Å². The van der Waals surface area contributed by atoms with Crippen molar-refractivity contribution in [1.82, 2.24) is 10.2 Å². The summed E-state index contributed by atoms with van der Waals surface area (Å²) in [5.74, 6) is 0.538. The van der Waals surface area contributed by atoms with Crippen LogP contribution in [0.5, 0.6) is 11.5 Å². The lowest BCUT2D eigenvalue weighted by Crippen LogP contribution is -2.44. The van der Waals surface area contributed by atoms with Crippen LogP contribution in [-0.4, -0.2) is 44.0 Å². The summed E-state index contributed by atoms with van der Waals surface area (Å²) in [4.78, 5) is 28.0. The quantitative estimate of drug-likeness (QED) is 0.652. The molecule has 2 amide bonds. The van der Waals surface area contributed by atoms with Crippen molar-refractivity contribution in [3.63, 3.8) is 0 Å². The third kappa shape index (κ3) is 3.96. The van der Waals surface area contributed by atoms with Crippen molar-refractivity contribution >= 4 is 23.2 Å². The maximum atomic E-state index is 12.6. The fraction of sp³-hybridized carbons (Fsp3) is 0.273. The fourth-order valence-corrected chi connectivity index (χ4v) is 4.64. The molecule has 0 bridgehead atoms. The number of thiophene rings is 1. The highest BCUT2D eigenvalue weighted by Gasteiger charge is 2.32. The Balaban J connectivity index is 1.61. The van der Waals surface area contributed by atoms with Gasteiger partial charge in [0.15, 0.2) is 17.3 Å². The standard InChI is InChI=1S/C22H22N2O5S/c1-27-17-11-14-7-8-24(13-20(25)23-22(26)16-5-3-9-29-16)21(19-6-4-10-30-19)15(14)12-18(17)28-2/h3-6,9-12,21H,7-8,13H2,1-2H3,(H,23,25,26)/t21-/m0/s1. The number of ether oxygens (including phenoxy) is 2.